The molecule has 0 unspecified atom stereocenters. The number of aromatic nitrogens is 2. The second kappa shape index (κ2) is 12.4. The predicted octanol–water partition coefficient (Wildman–Crippen LogP) is 6.37. The lowest BCUT2D eigenvalue weighted by atomic mass is 10.0. The second-order valence-electron chi connectivity index (χ2n) is 11.6. The van der Waals surface area contributed by atoms with Gasteiger partial charge in [-0.2, -0.15) is 4.98 Å². The van der Waals surface area contributed by atoms with Crippen LogP contribution < -0.4 is 20.3 Å². The minimum Gasteiger partial charge on any atom is -0.494 e. The van der Waals surface area contributed by atoms with E-state index in [0.29, 0.717) is 29.2 Å². The van der Waals surface area contributed by atoms with E-state index in [9.17, 15) is 8.42 Å². The third kappa shape index (κ3) is 6.12. The fraction of sp³-hybridized carbons (Fsp3) is 0.394. The first-order chi connectivity index (χ1) is 20.8. The Labute approximate surface area is 254 Å². The minimum absolute atomic E-state index is 0.240. The number of anilines is 5. The number of hydrogen-bond donors (Lipinski definition) is 2. The van der Waals surface area contributed by atoms with Crippen LogP contribution in [0.3, 0.4) is 0 Å². The van der Waals surface area contributed by atoms with Crippen molar-refractivity contribution in [2.75, 3.05) is 48.8 Å². The van der Waals surface area contributed by atoms with Gasteiger partial charge in [0.2, 0.25) is 5.95 Å². The molecule has 2 aliphatic heterocycles. The Morgan fingerprint density at radius 2 is 1.58 bits per heavy atom. The molecule has 2 aliphatic rings. The Hall–Kier alpha value is -3.89. The van der Waals surface area contributed by atoms with E-state index in [1.165, 1.54) is 38.8 Å². The molecule has 0 bridgehead atoms. The number of piperidine rings is 1. The highest BCUT2D eigenvalue weighted by Gasteiger charge is 2.27. The van der Waals surface area contributed by atoms with E-state index in [0.717, 1.165) is 35.4 Å². The highest BCUT2D eigenvalue weighted by atomic mass is 32.2. The van der Waals surface area contributed by atoms with Crippen molar-refractivity contribution in [3.8, 4) is 5.75 Å². The van der Waals surface area contributed by atoms with Gasteiger partial charge in [0.05, 0.1) is 34.1 Å². The number of methoxy groups -OCH3 is 1. The van der Waals surface area contributed by atoms with Crippen molar-refractivity contribution >= 4 is 49.6 Å². The maximum atomic E-state index is 13.1. The number of nitrogens with zero attached hydrogens (tertiary/aromatic N) is 4. The number of sulfone groups is 1. The summed E-state index contributed by atoms with van der Waals surface area (Å²) in [5.74, 6) is 1.60. The molecule has 6 rings (SSSR count). The molecule has 43 heavy (non-hydrogen) atoms. The van der Waals surface area contributed by atoms with E-state index in [4.69, 9.17) is 14.7 Å². The van der Waals surface area contributed by atoms with E-state index in [-0.39, 0.29) is 4.90 Å². The smallest absolute Gasteiger partial charge is 0.229 e. The van der Waals surface area contributed by atoms with Crippen molar-refractivity contribution in [1.82, 2.24) is 14.9 Å². The summed E-state index contributed by atoms with van der Waals surface area (Å²) in [6.45, 7) is 7.93. The Kier molecular flexibility index (Phi) is 8.41. The van der Waals surface area contributed by atoms with Gasteiger partial charge in [0.25, 0.3) is 0 Å². The average molecular weight is 601 g/mol. The van der Waals surface area contributed by atoms with E-state index < -0.39 is 15.1 Å². The number of para-hydroxylation sites is 2. The van der Waals surface area contributed by atoms with Crippen LogP contribution in [0.25, 0.3) is 10.9 Å². The molecule has 3 aromatic carbocycles. The highest BCUT2D eigenvalue weighted by Crippen LogP contribution is 2.35. The average Bonchev–Trinajstić information content (AvgIpc) is 3.57. The van der Waals surface area contributed by atoms with Crippen LogP contribution in [0.1, 0.15) is 39.5 Å². The van der Waals surface area contributed by atoms with E-state index >= 15 is 0 Å². The number of ether oxygens (including phenoxy) is 1. The predicted molar refractivity (Wildman–Crippen MR) is 174 cm³/mol. The molecule has 10 heteroatoms. The lowest BCUT2D eigenvalue weighted by Gasteiger charge is -2.38. The van der Waals surface area contributed by atoms with Crippen LogP contribution in [0.15, 0.2) is 71.6 Å². The molecular formula is C33H40N6O3S. The number of nitrogens with one attached hydrogen (secondary N) is 2. The maximum Gasteiger partial charge on any atom is 0.229 e. The molecule has 226 valence electrons. The molecule has 1 aromatic heterocycles. The number of rotatable bonds is 9. The first-order valence-corrected chi connectivity index (χ1v) is 16.7. The summed E-state index contributed by atoms with van der Waals surface area (Å²) in [6, 6.07) is 21.5. The molecule has 0 spiro atoms. The number of fused-ring (bicyclic) bond motifs is 1. The molecule has 0 radical (unpaired) electrons. The standard InChI is InChI=1S/C33H40N6O3S/c1-23(2)43(40,41)31-13-7-6-12-29(31)34-32-26-10-4-5-11-27(26)35-33(37-32)36-28-15-14-25(22-30(28)42-3)39-20-16-24(17-21-39)38-18-8-9-19-38/h4-7,10-15,22-24H,8-9,16-21H2,1-3H3,(H2,34,35,36,37). The van der Waals surface area contributed by atoms with Crippen LogP contribution in [-0.2, 0) is 9.84 Å². The molecule has 0 atom stereocenters. The Bertz CT molecular complexity index is 1700. The van der Waals surface area contributed by atoms with Crippen molar-refractivity contribution < 1.29 is 13.2 Å². The lowest BCUT2D eigenvalue weighted by molar-refractivity contribution is 0.208. The van der Waals surface area contributed by atoms with Gasteiger partial charge in [-0.05, 0) is 89.0 Å². The molecular weight excluding hydrogens is 560 g/mol. The van der Waals surface area contributed by atoms with Crippen LogP contribution in [0.2, 0.25) is 0 Å². The SMILES string of the molecule is COc1cc(N2CCC(N3CCCC3)CC2)ccc1Nc1nc(Nc2ccccc2S(=O)(=O)C(C)C)c2ccccc2n1. The maximum absolute atomic E-state index is 13.1. The Balaban J connectivity index is 1.26. The van der Waals surface area contributed by atoms with Gasteiger partial charge in [-0.25, -0.2) is 13.4 Å². The lowest BCUT2D eigenvalue weighted by Crippen LogP contribution is -2.43. The second-order valence-corrected chi connectivity index (χ2v) is 14.1. The van der Waals surface area contributed by atoms with Crippen molar-refractivity contribution in [2.45, 2.75) is 55.7 Å². The minimum atomic E-state index is -3.51. The van der Waals surface area contributed by atoms with Crippen LogP contribution in [0, 0.1) is 0 Å². The summed E-state index contributed by atoms with van der Waals surface area (Å²) < 4.78 is 32.0. The topological polar surface area (TPSA) is 99.7 Å². The molecule has 0 amide bonds. The molecule has 4 aromatic rings. The van der Waals surface area contributed by atoms with Gasteiger partial charge in [-0.3, -0.25) is 0 Å². The fourth-order valence-electron chi connectivity index (χ4n) is 6.12. The summed E-state index contributed by atoms with van der Waals surface area (Å²) in [7, 11) is -1.84. The Morgan fingerprint density at radius 3 is 2.33 bits per heavy atom. The van der Waals surface area contributed by atoms with Crippen molar-refractivity contribution in [3.05, 3.63) is 66.7 Å². The molecule has 2 N–H and O–H groups in total. The van der Waals surface area contributed by atoms with Crippen LogP contribution in [0.4, 0.5) is 28.8 Å². The van der Waals surface area contributed by atoms with Gasteiger partial charge < -0.3 is 25.2 Å². The third-order valence-corrected chi connectivity index (χ3v) is 10.8. The van der Waals surface area contributed by atoms with E-state index in [1.807, 2.05) is 36.4 Å². The first kappa shape index (κ1) is 29.2. The van der Waals surface area contributed by atoms with Crippen LogP contribution >= 0.6 is 0 Å². The number of benzene rings is 3. The molecule has 3 heterocycles. The zero-order valence-corrected chi connectivity index (χ0v) is 25.9. The monoisotopic (exact) mass is 600 g/mol. The molecule has 9 nitrogen and oxygen atoms in total. The molecule has 0 aliphatic carbocycles. The molecule has 2 fully saturated rings. The van der Waals surface area contributed by atoms with Crippen LogP contribution in [-0.4, -0.2) is 67.9 Å². The zero-order valence-electron chi connectivity index (χ0n) is 25.1. The van der Waals surface area contributed by atoms with Gasteiger partial charge in [-0.1, -0.05) is 24.3 Å². The molecule has 0 saturated carbocycles. The first-order valence-electron chi connectivity index (χ1n) is 15.1. The number of hydrogen-bond acceptors (Lipinski definition) is 9. The van der Waals surface area contributed by atoms with E-state index in [1.54, 1.807) is 39.2 Å². The third-order valence-electron chi connectivity index (χ3n) is 8.59. The fourth-order valence-corrected chi connectivity index (χ4v) is 7.33. The van der Waals surface area contributed by atoms with Crippen molar-refractivity contribution in [3.63, 3.8) is 0 Å². The van der Waals surface area contributed by atoms with Crippen LogP contribution in [0.5, 0.6) is 5.75 Å². The largest absolute Gasteiger partial charge is 0.494 e. The molecule has 2 saturated heterocycles. The summed E-state index contributed by atoms with van der Waals surface area (Å²) >= 11 is 0. The van der Waals surface area contributed by atoms with Gasteiger partial charge in [-0.15, -0.1) is 0 Å². The summed E-state index contributed by atoms with van der Waals surface area (Å²) in [4.78, 5) is 14.9. The van der Waals surface area contributed by atoms with Gasteiger partial charge in [0.1, 0.15) is 11.6 Å². The van der Waals surface area contributed by atoms with Crippen molar-refractivity contribution in [2.24, 2.45) is 0 Å². The quantitative estimate of drug-likeness (QED) is 0.227. The summed E-state index contributed by atoms with van der Waals surface area (Å²) in [5.41, 5.74) is 3.10. The Morgan fingerprint density at radius 1 is 0.860 bits per heavy atom. The van der Waals surface area contributed by atoms with Crippen molar-refractivity contribution in [1.29, 1.82) is 0 Å². The van der Waals surface area contributed by atoms with Gasteiger partial charge in [0.15, 0.2) is 9.84 Å². The normalized spacial score (nSPS) is 16.6. The summed E-state index contributed by atoms with van der Waals surface area (Å²) in [5, 5.41) is 6.87. The number of likely N-dealkylation sites (tertiary alicyclic amines) is 1. The summed E-state index contributed by atoms with van der Waals surface area (Å²) in [6.07, 6.45) is 5.03. The van der Waals surface area contributed by atoms with Gasteiger partial charge in [0, 0.05) is 36.3 Å². The zero-order chi connectivity index (χ0) is 30.0. The van der Waals surface area contributed by atoms with Gasteiger partial charge >= 0.3 is 0 Å². The van der Waals surface area contributed by atoms with E-state index in [2.05, 4.69) is 32.6 Å². The highest BCUT2D eigenvalue weighted by molar-refractivity contribution is 7.92.